The summed E-state index contributed by atoms with van der Waals surface area (Å²) in [6.45, 7) is 10.6. The number of hydrogen-bond donors (Lipinski definition) is 2. The highest BCUT2D eigenvalue weighted by molar-refractivity contribution is 5.94. The number of rotatable bonds is 4. The van der Waals surface area contributed by atoms with Crippen LogP contribution >= 0.6 is 0 Å². The van der Waals surface area contributed by atoms with Crippen LogP contribution in [0.5, 0.6) is 0 Å². The number of ether oxygens (including phenoxy) is 1. The third kappa shape index (κ3) is 4.37. The van der Waals surface area contributed by atoms with Gasteiger partial charge >= 0.3 is 0 Å². The molecule has 176 valence electrons. The number of amides is 1. The molecule has 1 aromatic carbocycles. The van der Waals surface area contributed by atoms with Crippen LogP contribution in [0.2, 0.25) is 0 Å². The number of nitrogens with zero attached hydrogens (tertiary/aromatic N) is 3. The summed E-state index contributed by atoms with van der Waals surface area (Å²) < 4.78 is 5.60. The average Bonchev–Trinajstić information content (AvgIpc) is 3.36. The standard InChI is InChI=1S/C26H35N5O2/c1-19-15-20(2)24(28-16-19)30-9-11-31(12-10-30)25(32)21-3-5-22(6-4-21)26(17-27-18-29-26)23-7-13-33-14-8-23/h3-6,15-16,23,27,29H,7-14,17-18H2,1-2H3. The molecule has 1 atom stereocenters. The Hall–Kier alpha value is -2.48. The molecule has 4 heterocycles. The summed E-state index contributed by atoms with van der Waals surface area (Å²) in [5.41, 5.74) is 4.33. The number of nitrogens with one attached hydrogen (secondary N) is 2. The van der Waals surface area contributed by atoms with Crippen molar-refractivity contribution >= 4 is 11.7 Å². The van der Waals surface area contributed by atoms with Crippen LogP contribution in [0.4, 0.5) is 5.82 Å². The molecule has 0 saturated carbocycles. The van der Waals surface area contributed by atoms with Crippen LogP contribution in [-0.4, -0.2) is 68.4 Å². The van der Waals surface area contributed by atoms with Crippen LogP contribution in [0.25, 0.3) is 0 Å². The molecule has 0 aliphatic carbocycles. The first-order valence-electron chi connectivity index (χ1n) is 12.2. The zero-order chi connectivity index (χ0) is 22.8. The Morgan fingerprint density at radius 3 is 2.45 bits per heavy atom. The number of carbonyl (C=O) groups is 1. The molecule has 3 aliphatic heterocycles. The lowest BCUT2D eigenvalue weighted by Gasteiger charge is -2.40. The Labute approximate surface area is 196 Å². The highest BCUT2D eigenvalue weighted by Crippen LogP contribution is 2.37. The molecule has 1 unspecified atom stereocenters. The van der Waals surface area contributed by atoms with E-state index in [2.05, 4.69) is 52.6 Å². The van der Waals surface area contributed by atoms with Gasteiger partial charge in [0, 0.05) is 64.4 Å². The van der Waals surface area contributed by atoms with Crippen LogP contribution in [0.3, 0.4) is 0 Å². The molecule has 0 radical (unpaired) electrons. The van der Waals surface area contributed by atoms with E-state index in [0.717, 1.165) is 63.7 Å². The van der Waals surface area contributed by atoms with E-state index in [4.69, 9.17) is 4.74 Å². The van der Waals surface area contributed by atoms with Gasteiger partial charge < -0.3 is 19.9 Å². The first-order chi connectivity index (χ1) is 16.1. The van der Waals surface area contributed by atoms with Crippen molar-refractivity contribution in [2.45, 2.75) is 32.2 Å². The number of aromatic nitrogens is 1. The second-order valence-electron chi connectivity index (χ2n) is 9.65. The smallest absolute Gasteiger partial charge is 0.253 e. The van der Waals surface area contributed by atoms with Crippen molar-refractivity contribution in [3.63, 3.8) is 0 Å². The van der Waals surface area contributed by atoms with Crippen molar-refractivity contribution in [1.82, 2.24) is 20.5 Å². The summed E-state index contributed by atoms with van der Waals surface area (Å²) in [6, 6.07) is 10.5. The van der Waals surface area contributed by atoms with Crippen LogP contribution < -0.4 is 15.5 Å². The largest absolute Gasteiger partial charge is 0.381 e. The number of piperazine rings is 1. The molecule has 2 N–H and O–H groups in total. The van der Waals surface area contributed by atoms with Gasteiger partial charge in [-0.15, -0.1) is 0 Å². The van der Waals surface area contributed by atoms with E-state index in [-0.39, 0.29) is 11.4 Å². The predicted molar refractivity (Wildman–Crippen MR) is 129 cm³/mol. The minimum absolute atomic E-state index is 0.0735. The Morgan fingerprint density at radius 2 is 1.82 bits per heavy atom. The van der Waals surface area contributed by atoms with Crippen molar-refractivity contribution in [2.75, 3.05) is 57.5 Å². The van der Waals surface area contributed by atoms with E-state index in [0.29, 0.717) is 19.0 Å². The Balaban J connectivity index is 1.25. The minimum Gasteiger partial charge on any atom is -0.381 e. The van der Waals surface area contributed by atoms with Gasteiger partial charge in [-0.1, -0.05) is 18.2 Å². The quantitative estimate of drug-likeness (QED) is 0.747. The number of hydrogen-bond acceptors (Lipinski definition) is 6. The van der Waals surface area contributed by atoms with Crippen molar-refractivity contribution in [2.24, 2.45) is 5.92 Å². The number of carbonyl (C=O) groups excluding carboxylic acids is 1. The fraction of sp³-hybridized carbons (Fsp3) is 0.538. The molecule has 0 spiro atoms. The summed E-state index contributed by atoms with van der Waals surface area (Å²) >= 11 is 0. The van der Waals surface area contributed by atoms with Crippen molar-refractivity contribution in [1.29, 1.82) is 0 Å². The van der Waals surface area contributed by atoms with Gasteiger partial charge in [0.15, 0.2) is 0 Å². The van der Waals surface area contributed by atoms with Gasteiger partial charge in [-0.3, -0.25) is 10.1 Å². The van der Waals surface area contributed by atoms with E-state index in [1.54, 1.807) is 0 Å². The van der Waals surface area contributed by atoms with Crippen LogP contribution in [-0.2, 0) is 10.3 Å². The van der Waals surface area contributed by atoms with Gasteiger partial charge in [0.2, 0.25) is 0 Å². The van der Waals surface area contributed by atoms with Gasteiger partial charge in [0.25, 0.3) is 5.91 Å². The van der Waals surface area contributed by atoms with E-state index in [1.807, 2.05) is 23.2 Å². The first-order valence-corrected chi connectivity index (χ1v) is 12.2. The maximum absolute atomic E-state index is 13.2. The number of anilines is 1. The monoisotopic (exact) mass is 449 g/mol. The summed E-state index contributed by atoms with van der Waals surface area (Å²) in [5.74, 6) is 1.69. The summed E-state index contributed by atoms with van der Waals surface area (Å²) in [6.07, 6.45) is 4.05. The van der Waals surface area contributed by atoms with Crippen LogP contribution in [0.15, 0.2) is 36.5 Å². The zero-order valence-electron chi connectivity index (χ0n) is 19.8. The molecular formula is C26H35N5O2. The molecule has 7 heteroatoms. The fourth-order valence-corrected chi connectivity index (χ4v) is 5.71. The molecule has 5 rings (SSSR count). The van der Waals surface area contributed by atoms with E-state index < -0.39 is 0 Å². The normalized spacial score (nSPS) is 24.3. The van der Waals surface area contributed by atoms with Crippen molar-refractivity contribution in [3.05, 3.63) is 58.8 Å². The Morgan fingerprint density at radius 1 is 1.09 bits per heavy atom. The van der Waals surface area contributed by atoms with Gasteiger partial charge in [-0.2, -0.15) is 0 Å². The van der Waals surface area contributed by atoms with Crippen molar-refractivity contribution < 1.29 is 9.53 Å². The molecule has 3 aliphatic rings. The lowest BCUT2D eigenvalue weighted by Crippen LogP contribution is -2.49. The minimum atomic E-state index is -0.0735. The Bertz CT molecular complexity index is 973. The van der Waals surface area contributed by atoms with Gasteiger partial charge in [-0.25, -0.2) is 4.98 Å². The van der Waals surface area contributed by atoms with Crippen molar-refractivity contribution in [3.8, 4) is 0 Å². The summed E-state index contributed by atoms with van der Waals surface area (Å²) in [7, 11) is 0. The number of pyridine rings is 1. The maximum Gasteiger partial charge on any atom is 0.253 e. The SMILES string of the molecule is Cc1cnc(N2CCN(C(=O)c3ccc(C4(C5CCOCC5)CNCN4)cc3)CC2)c(C)c1. The number of benzene rings is 1. The molecule has 33 heavy (non-hydrogen) atoms. The fourth-order valence-electron chi connectivity index (χ4n) is 5.71. The van der Waals surface area contributed by atoms with Crippen LogP contribution in [0.1, 0.15) is 39.9 Å². The molecule has 2 aromatic rings. The van der Waals surface area contributed by atoms with E-state index in [9.17, 15) is 4.79 Å². The van der Waals surface area contributed by atoms with Gasteiger partial charge in [-0.05, 0) is 61.4 Å². The molecule has 1 aromatic heterocycles. The lowest BCUT2D eigenvalue weighted by atomic mass is 9.74. The van der Waals surface area contributed by atoms with E-state index >= 15 is 0 Å². The molecular weight excluding hydrogens is 414 g/mol. The highest BCUT2D eigenvalue weighted by Gasteiger charge is 2.43. The topological polar surface area (TPSA) is 69.7 Å². The molecule has 7 nitrogen and oxygen atoms in total. The van der Waals surface area contributed by atoms with E-state index in [1.165, 1.54) is 16.7 Å². The number of aryl methyl sites for hydroxylation is 2. The zero-order valence-corrected chi connectivity index (χ0v) is 19.8. The predicted octanol–water partition coefficient (Wildman–Crippen LogP) is 2.43. The molecule has 3 fully saturated rings. The molecule has 1 amide bonds. The maximum atomic E-state index is 13.2. The second kappa shape index (κ2) is 9.41. The summed E-state index contributed by atoms with van der Waals surface area (Å²) in [5, 5.41) is 7.21. The van der Waals surface area contributed by atoms with Gasteiger partial charge in [0.1, 0.15) is 5.82 Å². The Kier molecular flexibility index (Phi) is 6.36. The van der Waals surface area contributed by atoms with Crippen LogP contribution in [0, 0.1) is 19.8 Å². The first kappa shape index (κ1) is 22.3. The second-order valence-corrected chi connectivity index (χ2v) is 9.65. The third-order valence-corrected chi connectivity index (χ3v) is 7.55. The lowest BCUT2D eigenvalue weighted by molar-refractivity contribution is 0.0348. The summed E-state index contributed by atoms with van der Waals surface area (Å²) in [4.78, 5) is 22.1. The molecule has 0 bridgehead atoms. The average molecular weight is 450 g/mol. The third-order valence-electron chi connectivity index (χ3n) is 7.55. The van der Waals surface area contributed by atoms with Gasteiger partial charge in [0.05, 0.1) is 5.54 Å². The molecule has 3 saturated heterocycles. The highest BCUT2D eigenvalue weighted by atomic mass is 16.5.